The second-order valence-corrected chi connectivity index (χ2v) is 6.88. The Morgan fingerprint density at radius 1 is 1.11 bits per heavy atom. The monoisotopic (exact) mass is 390 g/mol. The van der Waals surface area contributed by atoms with Crippen LogP contribution in [0.25, 0.3) is 27.3 Å². The highest BCUT2D eigenvalue weighted by atomic mass is 32.1. The number of pyridine rings is 1. The molecule has 0 N–H and O–H groups in total. The number of rotatable bonds is 5. The molecule has 0 radical (unpaired) electrons. The number of thiophene rings is 1. The molecule has 0 unspecified atom stereocenters. The Labute approximate surface area is 163 Å². The van der Waals surface area contributed by atoms with Crippen LogP contribution in [0.4, 0.5) is 0 Å². The SMILES string of the molecule is COc1ccc2c(OCc3nnc4ncc(-c5cccs5)nn34)ccnc2c1. The van der Waals surface area contributed by atoms with Gasteiger partial charge in [-0.15, -0.1) is 21.5 Å². The van der Waals surface area contributed by atoms with E-state index in [2.05, 4.69) is 25.3 Å². The van der Waals surface area contributed by atoms with E-state index < -0.39 is 0 Å². The van der Waals surface area contributed by atoms with Gasteiger partial charge in [0.1, 0.15) is 23.8 Å². The minimum Gasteiger partial charge on any atom is -0.497 e. The summed E-state index contributed by atoms with van der Waals surface area (Å²) in [7, 11) is 1.63. The van der Waals surface area contributed by atoms with Crippen LogP contribution in [-0.2, 0) is 6.61 Å². The van der Waals surface area contributed by atoms with Gasteiger partial charge >= 0.3 is 0 Å². The zero-order valence-electron chi connectivity index (χ0n) is 14.8. The Balaban J connectivity index is 1.46. The zero-order valence-corrected chi connectivity index (χ0v) is 15.6. The van der Waals surface area contributed by atoms with E-state index in [1.807, 2.05) is 41.8 Å². The molecule has 0 aliphatic carbocycles. The topological polar surface area (TPSA) is 87.3 Å². The molecule has 0 bridgehead atoms. The van der Waals surface area contributed by atoms with Crippen molar-refractivity contribution in [1.29, 1.82) is 0 Å². The highest BCUT2D eigenvalue weighted by Gasteiger charge is 2.12. The van der Waals surface area contributed by atoms with E-state index in [-0.39, 0.29) is 6.61 Å². The smallest absolute Gasteiger partial charge is 0.272 e. The van der Waals surface area contributed by atoms with Gasteiger partial charge in [-0.05, 0) is 29.6 Å². The first-order valence-electron chi connectivity index (χ1n) is 8.48. The molecule has 28 heavy (non-hydrogen) atoms. The molecule has 0 fully saturated rings. The highest BCUT2D eigenvalue weighted by Crippen LogP contribution is 2.27. The summed E-state index contributed by atoms with van der Waals surface area (Å²) in [6.07, 6.45) is 3.40. The first-order chi connectivity index (χ1) is 13.8. The fraction of sp³-hybridized carbons (Fsp3) is 0.105. The van der Waals surface area contributed by atoms with Gasteiger partial charge in [0.05, 0.1) is 23.7 Å². The maximum atomic E-state index is 6.01. The van der Waals surface area contributed by atoms with Gasteiger partial charge in [-0.2, -0.15) is 9.61 Å². The number of methoxy groups -OCH3 is 1. The molecule has 0 aliphatic rings. The van der Waals surface area contributed by atoms with Crippen LogP contribution in [0.3, 0.4) is 0 Å². The molecule has 5 rings (SSSR count). The van der Waals surface area contributed by atoms with Crippen molar-refractivity contribution in [3.8, 4) is 22.1 Å². The van der Waals surface area contributed by atoms with Crippen molar-refractivity contribution in [2.45, 2.75) is 6.61 Å². The number of fused-ring (bicyclic) bond motifs is 2. The van der Waals surface area contributed by atoms with Crippen LogP contribution in [0.1, 0.15) is 5.82 Å². The molecule has 0 saturated heterocycles. The summed E-state index contributed by atoms with van der Waals surface area (Å²) >= 11 is 1.60. The fourth-order valence-electron chi connectivity index (χ4n) is 2.86. The second kappa shape index (κ2) is 6.86. The molecule has 5 aromatic rings. The van der Waals surface area contributed by atoms with Crippen molar-refractivity contribution in [1.82, 2.24) is 29.8 Å². The van der Waals surface area contributed by atoms with Crippen molar-refractivity contribution in [3.63, 3.8) is 0 Å². The maximum Gasteiger partial charge on any atom is 0.272 e. The van der Waals surface area contributed by atoms with Gasteiger partial charge in [0.2, 0.25) is 0 Å². The summed E-state index contributed by atoms with van der Waals surface area (Å²) in [5, 5.41) is 15.7. The third-order valence-corrected chi connectivity index (χ3v) is 5.13. The first-order valence-corrected chi connectivity index (χ1v) is 9.36. The number of benzene rings is 1. The molecule has 0 amide bonds. The van der Waals surface area contributed by atoms with E-state index >= 15 is 0 Å². The predicted octanol–water partition coefficient (Wildman–Crippen LogP) is 3.38. The molecule has 4 heterocycles. The standard InChI is InChI=1S/C19H14N6O2S/c1-26-12-4-5-13-14(9-12)20-7-6-16(13)27-11-18-22-23-19-21-10-15(24-25(18)19)17-3-2-8-28-17/h2-10H,11H2,1H3. The second-order valence-electron chi connectivity index (χ2n) is 5.93. The molecule has 0 saturated carbocycles. The van der Waals surface area contributed by atoms with E-state index in [1.54, 1.807) is 35.4 Å². The summed E-state index contributed by atoms with van der Waals surface area (Å²) in [5.74, 6) is 2.45. The van der Waals surface area contributed by atoms with Crippen LogP contribution in [0.2, 0.25) is 0 Å². The summed E-state index contributed by atoms with van der Waals surface area (Å²) < 4.78 is 12.9. The lowest BCUT2D eigenvalue weighted by molar-refractivity contribution is 0.296. The summed E-state index contributed by atoms with van der Waals surface area (Å²) in [5.41, 5.74) is 1.56. The highest BCUT2D eigenvalue weighted by molar-refractivity contribution is 7.13. The van der Waals surface area contributed by atoms with E-state index in [0.29, 0.717) is 17.4 Å². The lowest BCUT2D eigenvalue weighted by Gasteiger charge is -2.09. The summed E-state index contributed by atoms with van der Waals surface area (Å²) in [6.45, 7) is 0.203. The Morgan fingerprint density at radius 3 is 2.93 bits per heavy atom. The van der Waals surface area contributed by atoms with Crippen molar-refractivity contribution in [3.05, 3.63) is 60.0 Å². The zero-order chi connectivity index (χ0) is 18.9. The van der Waals surface area contributed by atoms with Crippen LogP contribution in [0, 0.1) is 0 Å². The molecule has 9 heteroatoms. The molecule has 0 atom stereocenters. The van der Waals surface area contributed by atoms with E-state index in [4.69, 9.17) is 9.47 Å². The van der Waals surface area contributed by atoms with Crippen molar-refractivity contribution < 1.29 is 9.47 Å². The minimum absolute atomic E-state index is 0.203. The van der Waals surface area contributed by atoms with Crippen LogP contribution in [0.5, 0.6) is 11.5 Å². The van der Waals surface area contributed by atoms with Gasteiger partial charge in [-0.1, -0.05) is 6.07 Å². The van der Waals surface area contributed by atoms with Gasteiger partial charge in [0.15, 0.2) is 5.82 Å². The average Bonchev–Trinajstić information content (AvgIpc) is 3.41. The third-order valence-electron chi connectivity index (χ3n) is 4.24. The molecular formula is C19H14N6O2S. The van der Waals surface area contributed by atoms with Crippen LogP contribution in [-0.4, -0.2) is 36.9 Å². The number of hydrogen-bond acceptors (Lipinski definition) is 8. The molecule has 0 aliphatic heterocycles. The molecule has 4 aromatic heterocycles. The molecule has 1 aromatic carbocycles. The lowest BCUT2D eigenvalue weighted by atomic mass is 10.2. The molecule has 0 spiro atoms. The normalized spacial score (nSPS) is 11.2. The Morgan fingerprint density at radius 2 is 2.07 bits per heavy atom. The van der Waals surface area contributed by atoms with Gasteiger partial charge in [0.25, 0.3) is 5.78 Å². The van der Waals surface area contributed by atoms with Crippen molar-refractivity contribution in [2.75, 3.05) is 7.11 Å². The van der Waals surface area contributed by atoms with Crippen LogP contribution >= 0.6 is 11.3 Å². The Kier molecular flexibility index (Phi) is 4.06. The largest absolute Gasteiger partial charge is 0.497 e. The predicted molar refractivity (Wildman–Crippen MR) is 105 cm³/mol. The Hall–Kier alpha value is -3.59. The first kappa shape index (κ1) is 16.6. The quantitative estimate of drug-likeness (QED) is 0.454. The fourth-order valence-corrected chi connectivity index (χ4v) is 3.54. The van der Waals surface area contributed by atoms with Gasteiger partial charge in [-0.25, -0.2) is 4.98 Å². The molecule has 138 valence electrons. The molecule has 8 nitrogen and oxygen atoms in total. The van der Waals surface area contributed by atoms with Crippen molar-refractivity contribution >= 4 is 28.0 Å². The van der Waals surface area contributed by atoms with Crippen LogP contribution < -0.4 is 9.47 Å². The van der Waals surface area contributed by atoms with Gasteiger partial charge < -0.3 is 9.47 Å². The van der Waals surface area contributed by atoms with Crippen molar-refractivity contribution in [2.24, 2.45) is 0 Å². The van der Waals surface area contributed by atoms with E-state index in [9.17, 15) is 0 Å². The lowest BCUT2D eigenvalue weighted by Crippen LogP contribution is -2.05. The third kappa shape index (κ3) is 2.91. The average molecular weight is 390 g/mol. The van der Waals surface area contributed by atoms with Gasteiger partial charge in [-0.3, -0.25) is 4.98 Å². The number of aromatic nitrogens is 6. The number of ether oxygens (including phenoxy) is 2. The number of nitrogens with zero attached hydrogens (tertiary/aromatic N) is 6. The molecular weight excluding hydrogens is 376 g/mol. The van der Waals surface area contributed by atoms with Crippen LogP contribution in [0.15, 0.2) is 54.2 Å². The van der Waals surface area contributed by atoms with E-state index in [0.717, 1.165) is 27.2 Å². The number of hydrogen-bond donors (Lipinski definition) is 0. The Bertz CT molecular complexity index is 1270. The van der Waals surface area contributed by atoms with E-state index in [1.165, 1.54) is 0 Å². The summed E-state index contributed by atoms with van der Waals surface area (Å²) in [6, 6.07) is 11.5. The summed E-state index contributed by atoms with van der Waals surface area (Å²) in [4.78, 5) is 9.74. The maximum absolute atomic E-state index is 6.01. The minimum atomic E-state index is 0.203. The van der Waals surface area contributed by atoms with Gasteiger partial charge in [0, 0.05) is 17.6 Å².